The zero-order chi connectivity index (χ0) is 16.3. The van der Waals surface area contributed by atoms with E-state index in [9.17, 15) is 14.7 Å². The fraction of sp³-hybridized carbons (Fsp3) is 0.214. The highest BCUT2D eigenvalue weighted by molar-refractivity contribution is 8.26. The number of thiocarbonyl (C=S) groups is 1. The Hall–Kier alpha value is -2.06. The van der Waals surface area contributed by atoms with Crippen molar-refractivity contribution < 1.29 is 24.2 Å². The van der Waals surface area contributed by atoms with Gasteiger partial charge in [0.25, 0.3) is 5.91 Å². The minimum atomic E-state index is -1.36. The lowest BCUT2D eigenvalue weighted by Gasteiger charge is -2.14. The van der Waals surface area contributed by atoms with Crippen LogP contribution in [0.15, 0.2) is 23.1 Å². The number of thioether (sulfide) groups is 1. The summed E-state index contributed by atoms with van der Waals surface area (Å²) in [6.45, 7) is -0.552. The van der Waals surface area contributed by atoms with Crippen molar-refractivity contribution >= 4 is 46.3 Å². The summed E-state index contributed by atoms with van der Waals surface area (Å²) < 4.78 is 10.5. The molecule has 0 N–H and O–H groups in total. The van der Waals surface area contributed by atoms with Gasteiger partial charge in [0, 0.05) is 6.07 Å². The van der Waals surface area contributed by atoms with Crippen LogP contribution in [0.3, 0.4) is 0 Å². The summed E-state index contributed by atoms with van der Waals surface area (Å²) in [4.78, 5) is 24.1. The molecule has 0 radical (unpaired) electrons. The summed E-state index contributed by atoms with van der Waals surface area (Å²) in [6, 6.07) is 5.17. The number of benzene rings is 1. The average Bonchev–Trinajstić information content (AvgIpc) is 2.74. The second kappa shape index (κ2) is 6.80. The van der Waals surface area contributed by atoms with Gasteiger partial charge in [-0.3, -0.25) is 9.69 Å². The van der Waals surface area contributed by atoms with Gasteiger partial charge in [0.1, 0.15) is 15.8 Å². The Balaban J connectivity index is 2.32. The van der Waals surface area contributed by atoms with Crippen LogP contribution >= 0.6 is 24.0 Å². The fourth-order valence-electron chi connectivity index (χ4n) is 1.83. The lowest BCUT2D eigenvalue weighted by Crippen LogP contribution is -2.40. The number of hydrogen-bond donors (Lipinski definition) is 0. The number of aliphatic carboxylic acids is 1. The Morgan fingerprint density at radius 2 is 1.91 bits per heavy atom. The molecule has 116 valence electrons. The molecule has 1 saturated heterocycles. The first kappa shape index (κ1) is 16.3. The number of carbonyl (C=O) groups excluding carboxylic acids is 2. The molecule has 6 nitrogen and oxygen atoms in total. The molecule has 0 aromatic heterocycles. The molecule has 1 aliphatic heterocycles. The number of carboxylic acids is 1. The molecule has 0 unspecified atom stereocenters. The SMILES string of the molecule is COc1cc(/C=C2/SC(=S)N(CC(=O)[O-])C2=O)cc(OC)c1. The van der Waals surface area contributed by atoms with Crippen molar-refractivity contribution in [3.8, 4) is 11.5 Å². The quantitative estimate of drug-likeness (QED) is 0.576. The number of amides is 1. The predicted molar refractivity (Wildman–Crippen MR) is 84.4 cm³/mol. The Bertz CT molecular complexity index is 649. The lowest BCUT2D eigenvalue weighted by molar-refractivity contribution is -0.305. The molecule has 8 heteroatoms. The van der Waals surface area contributed by atoms with E-state index in [1.165, 1.54) is 14.2 Å². The third kappa shape index (κ3) is 3.58. The number of ether oxygens (including phenoxy) is 2. The van der Waals surface area contributed by atoms with Crippen molar-refractivity contribution in [3.05, 3.63) is 28.7 Å². The van der Waals surface area contributed by atoms with Crippen molar-refractivity contribution in [2.75, 3.05) is 20.8 Å². The molecule has 1 heterocycles. The fourth-order valence-corrected chi connectivity index (χ4v) is 3.08. The first-order valence-electron chi connectivity index (χ1n) is 6.13. The van der Waals surface area contributed by atoms with E-state index < -0.39 is 18.4 Å². The number of carboxylic acid groups (broad SMARTS) is 1. The Kier molecular flexibility index (Phi) is 5.04. The average molecular weight is 338 g/mol. The molecule has 0 atom stereocenters. The Morgan fingerprint density at radius 1 is 1.32 bits per heavy atom. The second-order valence-corrected chi connectivity index (χ2v) is 5.96. The van der Waals surface area contributed by atoms with Gasteiger partial charge >= 0.3 is 0 Å². The predicted octanol–water partition coefficient (Wildman–Crippen LogP) is 0.655. The van der Waals surface area contributed by atoms with E-state index >= 15 is 0 Å². The number of carbonyl (C=O) groups is 2. The first-order chi connectivity index (χ1) is 10.4. The minimum absolute atomic E-state index is 0.190. The second-order valence-electron chi connectivity index (χ2n) is 4.29. The zero-order valence-electron chi connectivity index (χ0n) is 11.8. The Morgan fingerprint density at radius 3 is 2.41 bits per heavy atom. The van der Waals surface area contributed by atoms with Crippen molar-refractivity contribution in [1.29, 1.82) is 0 Å². The van der Waals surface area contributed by atoms with Crippen LogP contribution in [-0.4, -0.2) is 41.9 Å². The molecule has 1 fully saturated rings. The minimum Gasteiger partial charge on any atom is -0.548 e. The number of nitrogens with zero attached hydrogens (tertiary/aromatic N) is 1. The molecule has 0 aliphatic carbocycles. The van der Waals surface area contributed by atoms with E-state index in [2.05, 4.69) is 0 Å². The summed E-state index contributed by atoms with van der Waals surface area (Å²) >= 11 is 6.05. The zero-order valence-corrected chi connectivity index (χ0v) is 13.5. The van der Waals surface area contributed by atoms with Crippen LogP contribution in [-0.2, 0) is 9.59 Å². The molecule has 2 rings (SSSR count). The van der Waals surface area contributed by atoms with Gasteiger partial charge in [0.2, 0.25) is 0 Å². The van der Waals surface area contributed by atoms with Crippen molar-refractivity contribution in [2.45, 2.75) is 0 Å². The molecule has 0 saturated carbocycles. The number of hydrogen-bond acceptors (Lipinski definition) is 7. The molecule has 0 bridgehead atoms. The van der Waals surface area contributed by atoms with Gasteiger partial charge in [0.15, 0.2) is 0 Å². The monoisotopic (exact) mass is 338 g/mol. The number of rotatable bonds is 5. The van der Waals surface area contributed by atoms with E-state index in [0.29, 0.717) is 22.0 Å². The van der Waals surface area contributed by atoms with Crippen LogP contribution in [0.5, 0.6) is 11.5 Å². The van der Waals surface area contributed by atoms with Crippen LogP contribution in [0, 0.1) is 0 Å². The van der Waals surface area contributed by atoms with E-state index in [4.69, 9.17) is 21.7 Å². The standard InChI is InChI=1S/C14H13NO5S2/c1-19-9-3-8(4-10(6-9)20-2)5-11-13(18)15(7-12(16)17)14(21)22-11/h3-6H,7H2,1-2H3,(H,16,17)/p-1/b11-5+. The molecule has 1 aromatic carbocycles. The largest absolute Gasteiger partial charge is 0.548 e. The van der Waals surface area contributed by atoms with Gasteiger partial charge < -0.3 is 19.4 Å². The van der Waals surface area contributed by atoms with E-state index in [-0.39, 0.29) is 4.32 Å². The first-order valence-corrected chi connectivity index (χ1v) is 7.35. The van der Waals surface area contributed by atoms with Crippen LogP contribution in [0.25, 0.3) is 6.08 Å². The van der Waals surface area contributed by atoms with Gasteiger partial charge in [-0.25, -0.2) is 0 Å². The van der Waals surface area contributed by atoms with Gasteiger partial charge in [0.05, 0.1) is 31.6 Å². The van der Waals surface area contributed by atoms with E-state index in [0.717, 1.165) is 16.7 Å². The third-order valence-electron chi connectivity index (χ3n) is 2.83. The summed E-state index contributed by atoms with van der Waals surface area (Å²) in [5, 5.41) is 10.7. The summed E-state index contributed by atoms with van der Waals surface area (Å²) in [6.07, 6.45) is 1.61. The van der Waals surface area contributed by atoms with Crippen LogP contribution in [0.1, 0.15) is 5.56 Å². The summed E-state index contributed by atoms with van der Waals surface area (Å²) in [5.74, 6) is -0.659. The molecule has 0 spiro atoms. The molecular weight excluding hydrogens is 326 g/mol. The molecule has 1 amide bonds. The summed E-state index contributed by atoms with van der Waals surface area (Å²) in [5.41, 5.74) is 0.685. The molecule has 1 aromatic rings. The highest BCUT2D eigenvalue weighted by Gasteiger charge is 2.31. The molecule has 1 aliphatic rings. The van der Waals surface area contributed by atoms with E-state index in [1.54, 1.807) is 24.3 Å². The van der Waals surface area contributed by atoms with Crippen LogP contribution < -0.4 is 14.6 Å². The Labute approximate surface area is 136 Å². The van der Waals surface area contributed by atoms with Gasteiger partial charge in [-0.05, 0) is 23.8 Å². The highest BCUT2D eigenvalue weighted by Crippen LogP contribution is 2.33. The third-order valence-corrected chi connectivity index (χ3v) is 4.21. The molecular formula is C14H12NO5S2-. The van der Waals surface area contributed by atoms with E-state index in [1.807, 2.05) is 0 Å². The van der Waals surface area contributed by atoms with Crippen molar-refractivity contribution in [3.63, 3.8) is 0 Å². The molecule has 22 heavy (non-hydrogen) atoms. The normalized spacial score (nSPS) is 16.3. The van der Waals surface area contributed by atoms with Gasteiger partial charge in [-0.1, -0.05) is 24.0 Å². The smallest absolute Gasteiger partial charge is 0.266 e. The lowest BCUT2D eigenvalue weighted by atomic mass is 10.2. The van der Waals surface area contributed by atoms with Crippen LogP contribution in [0.4, 0.5) is 0 Å². The maximum absolute atomic E-state index is 12.2. The van der Waals surface area contributed by atoms with Crippen molar-refractivity contribution in [1.82, 2.24) is 4.90 Å². The van der Waals surface area contributed by atoms with Crippen molar-refractivity contribution in [2.24, 2.45) is 0 Å². The van der Waals surface area contributed by atoms with Gasteiger partial charge in [-0.15, -0.1) is 0 Å². The maximum Gasteiger partial charge on any atom is 0.266 e. The maximum atomic E-state index is 12.2. The number of methoxy groups -OCH3 is 2. The van der Waals surface area contributed by atoms with Crippen LogP contribution in [0.2, 0.25) is 0 Å². The highest BCUT2D eigenvalue weighted by atomic mass is 32.2. The summed E-state index contributed by atoms with van der Waals surface area (Å²) in [7, 11) is 3.05. The topological polar surface area (TPSA) is 78.9 Å². The van der Waals surface area contributed by atoms with Gasteiger partial charge in [-0.2, -0.15) is 0 Å².